The number of carbonyl (C=O) groups is 1. The predicted molar refractivity (Wildman–Crippen MR) is 104 cm³/mol. The summed E-state index contributed by atoms with van der Waals surface area (Å²) >= 11 is 0. The highest BCUT2D eigenvalue weighted by Crippen LogP contribution is 2.27. The molecular weight excluding hydrogens is 340 g/mol. The van der Waals surface area contributed by atoms with Crippen molar-refractivity contribution in [3.63, 3.8) is 0 Å². The third-order valence-corrected chi connectivity index (χ3v) is 5.75. The largest absolute Gasteiger partial charge is 0.490 e. The van der Waals surface area contributed by atoms with Crippen molar-refractivity contribution in [3.8, 4) is 5.75 Å². The van der Waals surface area contributed by atoms with Crippen molar-refractivity contribution in [3.05, 3.63) is 47.3 Å². The molecule has 3 N–H and O–H groups in total. The summed E-state index contributed by atoms with van der Waals surface area (Å²) in [6.45, 7) is 2.55. The highest BCUT2D eigenvalue weighted by Gasteiger charge is 2.23. The van der Waals surface area contributed by atoms with E-state index in [-0.39, 0.29) is 5.91 Å². The smallest absolute Gasteiger partial charge is 0.252 e. The van der Waals surface area contributed by atoms with Crippen LogP contribution < -0.4 is 15.8 Å². The lowest BCUT2D eigenvalue weighted by Crippen LogP contribution is -2.31. The topological polar surface area (TPSA) is 82.2 Å². The molecule has 1 aromatic heterocycles. The fraction of sp³-hybridized carbons (Fsp3) is 0.524. The van der Waals surface area contributed by atoms with Gasteiger partial charge in [-0.2, -0.15) is 5.10 Å². The monoisotopic (exact) mass is 368 g/mol. The minimum Gasteiger partial charge on any atom is -0.490 e. The van der Waals surface area contributed by atoms with Gasteiger partial charge in [0.05, 0.1) is 23.6 Å². The van der Waals surface area contributed by atoms with E-state index < -0.39 is 0 Å². The third-order valence-electron chi connectivity index (χ3n) is 5.75. The van der Waals surface area contributed by atoms with E-state index >= 15 is 0 Å². The standard InChI is InChI=1S/C21H28N4O2/c22-21(26)18-13-24-25-14-15(9-10-19(18)25)11-23-12-16-5-1-4-8-20(16)27-17-6-2-3-7-17/h1,4-5,8,13,15,17,23H,2-3,6-7,9-12,14H2,(H2,22,26). The lowest BCUT2D eigenvalue weighted by Gasteiger charge is -2.24. The molecular formula is C21H28N4O2. The Balaban J connectivity index is 1.31. The molecule has 6 nitrogen and oxygen atoms in total. The molecule has 1 atom stereocenters. The third kappa shape index (κ3) is 4.16. The summed E-state index contributed by atoms with van der Waals surface area (Å²) in [7, 11) is 0. The summed E-state index contributed by atoms with van der Waals surface area (Å²) in [4.78, 5) is 11.4. The zero-order valence-electron chi connectivity index (χ0n) is 15.7. The highest BCUT2D eigenvalue weighted by atomic mass is 16.5. The molecule has 0 saturated heterocycles. The van der Waals surface area contributed by atoms with Gasteiger partial charge in [-0.05, 0) is 50.5 Å². The Morgan fingerprint density at radius 3 is 2.89 bits per heavy atom. The molecule has 144 valence electrons. The van der Waals surface area contributed by atoms with Gasteiger partial charge >= 0.3 is 0 Å². The Labute approximate surface area is 160 Å². The van der Waals surface area contributed by atoms with Crippen LogP contribution in [0.15, 0.2) is 30.5 Å². The van der Waals surface area contributed by atoms with E-state index in [9.17, 15) is 4.79 Å². The predicted octanol–water partition coefficient (Wildman–Crippen LogP) is 2.66. The van der Waals surface area contributed by atoms with Gasteiger partial charge in [-0.1, -0.05) is 18.2 Å². The molecule has 1 unspecified atom stereocenters. The summed E-state index contributed by atoms with van der Waals surface area (Å²) in [5, 5.41) is 7.92. The highest BCUT2D eigenvalue weighted by molar-refractivity contribution is 5.93. The van der Waals surface area contributed by atoms with Gasteiger partial charge in [-0.25, -0.2) is 0 Å². The second kappa shape index (κ2) is 8.13. The van der Waals surface area contributed by atoms with E-state index in [1.54, 1.807) is 6.20 Å². The number of primary amides is 1. The number of hydrogen-bond acceptors (Lipinski definition) is 4. The molecule has 27 heavy (non-hydrogen) atoms. The minimum absolute atomic E-state index is 0.377. The SMILES string of the molecule is NC(=O)c1cnn2c1CCC(CNCc1ccccc1OC1CCCC1)C2. The normalized spacial score (nSPS) is 19.8. The Morgan fingerprint density at radius 1 is 1.26 bits per heavy atom. The number of nitrogens with two attached hydrogens (primary N) is 1. The molecule has 1 aliphatic carbocycles. The van der Waals surface area contributed by atoms with Gasteiger partial charge in [0.15, 0.2) is 0 Å². The van der Waals surface area contributed by atoms with Crippen molar-refractivity contribution < 1.29 is 9.53 Å². The van der Waals surface area contributed by atoms with Gasteiger partial charge in [0.25, 0.3) is 5.91 Å². The summed E-state index contributed by atoms with van der Waals surface area (Å²) in [6.07, 6.45) is 8.77. The molecule has 1 aromatic carbocycles. The maximum absolute atomic E-state index is 11.4. The minimum atomic E-state index is -0.383. The Kier molecular flexibility index (Phi) is 5.43. The van der Waals surface area contributed by atoms with Crippen LogP contribution in [0.5, 0.6) is 5.75 Å². The summed E-state index contributed by atoms with van der Waals surface area (Å²) in [6, 6.07) is 8.34. The van der Waals surface area contributed by atoms with Gasteiger partial charge in [0, 0.05) is 25.2 Å². The first kappa shape index (κ1) is 18.0. The van der Waals surface area contributed by atoms with Crippen molar-refractivity contribution in [1.29, 1.82) is 0 Å². The van der Waals surface area contributed by atoms with Crippen LogP contribution in [-0.2, 0) is 19.5 Å². The number of benzene rings is 1. The zero-order valence-corrected chi connectivity index (χ0v) is 15.7. The number of aromatic nitrogens is 2. The van der Waals surface area contributed by atoms with E-state index in [1.165, 1.54) is 31.2 Å². The molecule has 0 radical (unpaired) electrons. The number of nitrogens with one attached hydrogen (secondary N) is 1. The van der Waals surface area contributed by atoms with E-state index in [2.05, 4.69) is 28.6 Å². The number of nitrogens with zero attached hydrogens (tertiary/aromatic N) is 2. The van der Waals surface area contributed by atoms with Crippen molar-refractivity contribution >= 4 is 5.91 Å². The molecule has 2 aromatic rings. The number of fused-ring (bicyclic) bond motifs is 1. The van der Waals surface area contributed by atoms with Crippen molar-refractivity contribution in [1.82, 2.24) is 15.1 Å². The molecule has 0 spiro atoms. The maximum Gasteiger partial charge on any atom is 0.252 e. The summed E-state index contributed by atoms with van der Waals surface area (Å²) < 4.78 is 8.16. The Morgan fingerprint density at radius 2 is 2.07 bits per heavy atom. The Hall–Kier alpha value is -2.34. The molecule has 2 heterocycles. The van der Waals surface area contributed by atoms with Crippen LogP contribution in [0.4, 0.5) is 0 Å². The van der Waals surface area contributed by atoms with Crippen molar-refractivity contribution in [2.45, 2.75) is 57.7 Å². The Bertz CT molecular complexity index is 795. The van der Waals surface area contributed by atoms with Gasteiger partial charge < -0.3 is 15.8 Å². The van der Waals surface area contributed by atoms with Gasteiger partial charge in [0.2, 0.25) is 0 Å². The van der Waals surface area contributed by atoms with Gasteiger partial charge in [0.1, 0.15) is 5.75 Å². The number of carbonyl (C=O) groups excluding carboxylic acids is 1. The van der Waals surface area contributed by atoms with Crippen LogP contribution in [0.2, 0.25) is 0 Å². The van der Waals surface area contributed by atoms with Crippen LogP contribution in [-0.4, -0.2) is 28.3 Å². The quantitative estimate of drug-likeness (QED) is 0.787. The molecule has 1 saturated carbocycles. The molecule has 0 bridgehead atoms. The maximum atomic E-state index is 11.4. The van der Waals surface area contributed by atoms with Gasteiger partial charge in [-0.3, -0.25) is 9.48 Å². The first-order chi connectivity index (χ1) is 13.2. The summed E-state index contributed by atoms with van der Waals surface area (Å²) in [5.41, 5.74) is 8.19. The second-order valence-corrected chi connectivity index (χ2v) is 7.72. The van der Waals surface area contributed by atoms with Crippen molar-refractivity contribution in [2.24, 2.45) is 11.7 Å². The first-order valence-corrected chi connectivity index (χ1v) is 10.0. The van der Waals surface area contributed by atoms with E-state index in [0.29, 0.717) is 17.6 Å². The van der Waals surface area contributed by atoms with Crippen molar-refractivity contribution in [2.75, 3.05) is 6.54 Å². The molecule has 4 rings (SSSR count). The molecule has 1 amide bonds. The van der Waals surface area contributed by atoms with Crippen LogP contribution >= 0.6 is 0 Å². The fourth-order valence-corrected chi connectivity index (χ4v) is 4.24. The average Bonchev–Trinajstić information content (AvgIpc) is 3.32. The lowest BCUT2D eigenvalue weighted by atomic mass is 9.96. The first-order valence-electron chi connectivity index (χ1n) is 10.0. The number of para-hydroxylation sites is 1. The molecule has 6 heteroatoms. The number of rotatable bonds is 7. The average molecular weight is 368 g/mol. The summed E-state index contributed by atoms with van der Waals surface area (Å²) in [5.74, 6) is 1.13. The number of ether oxygens (including phenoxy) is 1. The second-order valence-electron chi connectivity index (χ2n) is 7.72. The fourth-order valence-electron chi connectivity index (χ4n) is 4.24. The van der Waals surface area contributed by atoms with E-state index in [4.69, 9.17) is 10.5 Å². The van der Waals surface area contributed by atoms with E-state index in [1.807, 2.05) is 10.7 Å². The van der Waals surface area contributed by atoms with Crippen LogP contribution in [0, 0.1) is 5.92 Å². The zero-order chi connectivity index (χ0) is 18.6. The molecule has 1 aliphatic heterocycles. The van der Waals surface area contributed by atoms with Crippen LogP contribution in [0.25, 0.3) is 0 Å². The van der Waals surface area contributed by atoms with E-state index in [0.717, 1.165) is 43.9 Å². The number of amides is 1. The van der Waals surface area contributed by atoms with Gasteiger partial charge in [-0.15, -0.1) is 0 Å². The number of hydrogen-bond donors (Lipinski definition) is 2. The lowest BCUT2D eigenvalue weighted by molar-refractivity contribution is 0.0998. The van der Waals surface area contributed by atoms with Crippen LogP contribution in [0.1, 0.15) is 53.7 Å². The molecule has 2 aliphatic rings. The van der Waals surface area contributed by atoms with Crippen LogP contribution in [0.3, 0.4) is 0 Å². The molecule has 1 fully saturated rings.